The highest BCUT2D eigenvalue weighted by atomic mass is 35.5. The van der Waals surface area contributed by atoms with E-state index in [-0.39, 0.29) is 12.4 Å². The summed E-state index contributed by atoms with van der Waals surface area (Å²) < 4.78 is 0. The molecule has 0 aliphatic rings. The lowest BCUT2D eigenvalue weighted by Gasteiger charge is -1.86. The Balaban J connectivity index is 0.000000810. The van der Waals surface area contributed by atoms with E-state index in [9.17, 15) is 0 Å². The van der Waals surface area contributed by atoms with Crippen LogP contribution in [0.1, 0.15) is 12.5 Å². The molecule has 0 aliphatic heterocycles. The van der Waals surface area contributed by atoms with Gasteiger partial charge in [0.15, 0.2) is 0 Å². The van der Waals surface area contributed by atoms with E-state index in [2.05, 4.69) is 4.98 Å². The average Bonchev–Trinajstić information content (AvgIpc) is 1.91. The van der Waals surface area contributed by atoms with E-state index in [1.165, 1.54) is 5.56 Å². The van der Waals surface area contributed by atoms with Gasteiger partial charge in [0.05, 0.1) is 0 Å². The van der Waals surface area contributed by atoms with Gasteiger partial charge in [-0.3, -0.25) is 4.98 Å². The van der Waals surface area contributed by atoms with E-state index in [1.807, 2.05) is 31.2 Å². The molecule has 1 aromatic rings. The molecule has 0 aliphatic carbocycles. The van der Waals surface area contributed by atoms with Crippen molar-refractivity contribution in [3.63, 3.8) is 0 Å². The molecule has 0 spiro atoms. The van der Waals surface area contributed by atoms with Gasteiger partial charge < -0.3 is 0 Å². The van der Waals surface area contributed by atoms with Crippen LogP contribution in [-0.2, 0) is 0 Å². The molecule has 0 aromatic carbocycles. The molecule has 0 N–H and O–H groups in total. The second-order valence-electron chi connectivity index (χ2n) is 1.78. The maximum Gasteiger partial charge on any atom is 0.0273 e. The van der Waals surface area contributed by atoms with E-state index < -0.39 is 0 Å². The lowest BCUT2D eigenvalue weighted by molar-refractivity contribution is 1.32. The standard InChI is InChI=1S/C8H9N.ClH/c1-2-3-8-4-6-9-7-5-8;/h2-7H,1H3;1H. The predicted molar refractivity (Wildman–Crippen MR) is 46.2 cm³/mol. The number of pyridine rings is 1. The monoisotopic (exact) mass is 155 g/mol. The molecule has 0 fully saturated rings. The van der Waals surface area contributed by atoms with E-state index in [1.54, 1.807) is 12.4 Å². The Kier molecular flexibility index (Phi) is 4.59. The van der Waals surface area contributed by atoms with Crippen LogP contribution in [0.4, 0.5) is 0 Å². The largest absolute Gasteiger partial charge is 0.265 e. The maximum atomic E-state index is 3.89. The molecule has 1 nitrogen and oxygen atoms in total. The first-order valence-electron chi connectivity index (χ1n) is 2.96. The molecule has 0 unspecified atom stereocenters. The highest BCUT2D eigenvalue weighted by Gasteiger charge is 1.78. The Morgan fingerprint density at radius 1 is 1.30 bits per heavy atom. The zero-order chi connectivity index (χ0) is 6.53. The quantitative estimate of drug-likeness (QED) is 0.608. The van der Waals surface area contributed by atoms with Crippen LogP contribution in [0.15, 0.2) is 30.6 Å². The smallest absolute Gasteiger partial charge is 0.0273 e. The van der Waals surface area contributed by atoms with Gasteiger partial charge in [-0.1, -0.05) is 12.2 Å². The summed E-state index contributed by atoms with van der Waals surface area (Å²) in [6, 6.07) is 3.94. The summed E-state index contributed by atoms with van der Waals surface area (Å²) in [6.45, 7) is 2.00. The van der Waals surface area contributed by atoms with Crippen molar-refractivity contribution in [3.8, 4) is 0 Å². The van der Waals surface area contributed by atoms with Crippen molar-refractivity contribution in [2.24, 2.45) is 0 Å². The first kappa shape index (κ1) is 9.18. The highest BCUT2D eigenvalue weighted by molar-refractivity contribution is 5.85. The van der Waals surface area contributed by atoms with Crippen LogP contribution < -0.4 is 0 Å². The number of rotatable bonds is 1. The van der Waals surface area contributed by atoms with Crippen LogP contribution in [0.5, 0.6) is 0 Å². The summed E-state index contributed by atoms with van der Waals surface area (Å²) >= 11 is 0. The molecule has 1 rings (SSSR count). The number of allylic oxidation sites excluding steroid dienone is 1. The number of nitrogens with zero attached hydrogens (tertiary/aromatic N) is 1. The molecule has 0 amide bonds. The van der Waals surface area contributed by atoms with Crippen molar-refractivity contribution in [2.75, 3.05) is 0 Å². The average molecular weight is 156 g/mol. The van der Waals surface area contributed by atoms with Crippen molar-refractivity contribution >= 4 is 18.5 Å². The fourth-order valence-corrected chi connectivity index (χ4v) is 0.667. The van der Waals surface area contributed by atoms with Crippen LogP contribution in [0.3, 0.4) is 0 Å². The van der Waals surface area contributed by atoms with Gasteiger partial charge in [-0.05, 0) is 24.6 Å². The van der Waals surface area contributed by atoms with Gasteiger partial charge in [-0.15, -0.1) is 12.4 Å². The summed E-state index contributed by atoms with van der Waals surface area (Å²) in [6.07, 6.45) is 7.63. The molecule has 0 atom stereocenters. The van der Waals surface area contributed by atoms with Gasteiger partial charge in [-0.25, -0.2) is 0 Å². The Bertz CT molecular complexity index is 194. The summed E-state index contributed by atoms with van der Waals surface area (Å²) in [5.74, 6) is 0. The Morgan fingerprint density at radius 2 is 1.90 bits per heavy atom. The minimum Gasteiger partial charge on any atom is -0.265 e. The summed E-state index contributed by atoms with van der Waals surface area (Å²) in [4.78, 5) is 3.89. The predicted octanol–water partition coefficient (Wildman–Crippen LogP) is 2.54. The molecule has 0 saturated carbocycles. The van der Waals surface area contributed by atoms with E-state index in [0.29, 0.717) is 0 Å². The van der Waals surface area contributed by atoms with Gasteiger partial charge >= 0.3 is 0 Å². The highest BCUT2D eigenvalue weighted by Crippen LogP contribution is 1.97. The first-order valence-corrected chi connectivity index (χ1v) is 2.96. The van der Waals surface area contributed by atoms with Crippen LogP contribution >= 0.6 is 12.4 Å². The summed E-state index contributed by atoms with van der Waals surface area (Å²) in [5.41, 5.74) is 1.20. The SMILES string of the molecule is CC=Cc1ccncc1.Cl. The minimum absolute atomic E-state index is 0. The van der Waals surface area contributed by atoms with Crippen molar-refractivity contribution in [3.05, 3.63) is 36.2 Å². The van der Waals surface area contributed by atoms with E-state index in [0.717, 1.165) is 0 Å². The number of aromatic nitrogens is 1. The second-order valence-corrected chi connectivity index (χ2v) is 1.78. The molecule has 54 valence electrons. The zero-order valence-electron chi connectivity index (χ0n) is 5.82. The summed E-state index contributed by atoms with van der Waals surface area (Å²) in [7, 11) is 0. The van der Waals surface area contributed by atoms with Crippen molar-refractivity contribution in [1.29, 1.82) is 0 Å². The molecular weight excluding hydrogens is 146 g/mol. The van der Waals surface area contributed by atoms with Crippen molar-refractivity contribution in [2.45, 2.75) is 6.92 Å². The van der Waals surface area contributed by atoms with Gasteiger partial charge in [0.1, 0.15) is 0 Å². The molecular formula is C8H10ClN. The van der Waals surface area contributed by atoms with Crippen molar-refractivity contribution < 1.29 is 0 Å². The Labute approximate surface area is 67.2 Å². The van der Waals surface area contributed by atoms with E-state index in [4.69, 9.17) is 0 Å². The van der Waals surface area contributed by atoms with Gasteiger partial charge in [0, 0.05) is 12.4 Å². The molecule has 1 aromatic heterocycles. The fourth-order valence-electron chi connectivity index (χ4n) is 0.667. The van der Waals surface area contributed by atoms with Crippen LogP contribution in [0, 0.1) is 0 Å². The number of hydrogen-bond donors (Lipinski definition) is 0. The normalized spacial score (nSPS) is 9.30. The van der Waals surface area contributed by atoms with Crippen LogP contribution in [-0.4, -0.2) is 4.98 Å². The third kappa shape index (κ3) is 2.65. The molecule has 0 saturated heterocycles. The Morgan fingerprint density at radius 3 is 2.40 bits per heavy atom. The minimum atomic E-state index is 0. The molecule has 0 bridgehead atoms. The molecule has 0 radical (unpaired) electrons. The zero-order valence-corrected chi connectivity index (χ0v) is 6.64. The van der Waals surface area contributed by atoms with Crippen molar-refractivity contribution in [1.82, 2.24) is 4.98 Å². The molecule has 1 heterocycles. The second kappa shape index (κ2) is 5.00. The van der Waals surface area contributed by atoms with Gasteiger partial charge in [0.2, 0.25) is 0 Å². The number of halogens is 1. The maximum absolute atomic E-state index is 3.89. The topological polar surface area (TPSA) is 12.9 Å². The third-order valence-corrected chi connectivity index (χ3v) is 1.07. The number of hydrogen-bond acceptors (Lipinski definition) is 1. The van der Waals surface area contributed by atoms with Gasteiger partial charge in [-0.2, -0.15) is 0 Å². The lowest BCUT2D eigenvalue weighted by atomic mass is 10.2. The van der Waals surface area contributed by atoms with Gasteiger partial charge in [0.25, 0.3) is 0 Å². The van der Waals surface area contributed by atoms with E-state index >= 15 is 0 Å². The first-order chi connectivity index (χ1) is 4.43. The fraction of sp³-hybridized carbons (Fsp3) is 0.125. The summed E-state index contributed by atoms with van der Waals surface area (Å²) in [5, 5.41) is 0. The van der Waals surface area contributed by atoms with Crippen LogP contribution in [0.2, 0.25) is 0 Å². The molecule has 10 heavy (non-hydrogen) atoms. The third-order valence-electron chi connectivity index (χ3n) is 1.07. The Hall–Kier alpha value is -0.820. The molecule has 2 heteroatoms. The van der Waals surface area contributed by atoms with Crippen LogP contribution in [0.25, 0.3) is 6.08 Å². The lowest BCUT2D eigenvalue weighted by Crippen LogP contribution is -1.70.